The van der Waals surface area contributed by atoms with Gasteiger partial charge in [-0.1, -0.05) is 55.5 Å². The summed E-state index contributed by atoms with van der Waals surface area (Å²) < 4.78 is 0. The molecule has 0 aromatic carbocycles. The van der Waals surface area contributed by atoms with Crippen molar-refractivity contribution >= 4 is 21.8 Å². The molecule has 0 bridgehead atoms. The van der Waals surface area contributed by atoms with Crippen molar-refractivity contribution in [1.82, 2.24) is 5.32 Å². The van der Waals surface area contributed by atoms with E-state index in [1.165, 1.54) is 38.5 Å². The number of carbonyl (C=O) groups excluding carboxylic acids is 1. The Labute approximate surface area is 120 Å². The highest BCUT2D eigenvalue weighted by atomic mass is 79.9. The molecule has 1 N–H and O–H groups in total. The van der Waals surface area contributed by atoms with Gasteiger partial charge in [0.15, 0.2) is 0 Å². The fraction of sp³-hybridized carbons (Fsp3) is 0.933. The van der Waals surface area contributed by atoms with Crippen molar-refractivity contribution in [2.45, 2.75) is 65.2 Å². The number of hydrogen-bond acceptors (Lipinski definition) is 1. The third-order valence-corrected chi connectivity index (χ3v) is 4.38. The van der Waals surface area contributed by atoms with Gasteiger partial charge >= 0.3 is 0 Å². The number of carbonyl (C=O) groups is 1. The molecule has 1 rings (SSSR count). The quantitative estimate of drug-likeness (QED) is 0.575. The van der Waals surface area contributed by atoms with E-state index in [0.717, 1.165) is 24.7 Å². The molecular weight excluding hydrogens is 290 g/mol. The minimum Gasteiger partial charge on any atom is -0.356 e. The van der Waals surface area contributed by atoms with Gasteiger partial charge in [-0.25, -0.2) is 0 Å². The average Bonchev–Trinajstić information content (AvgIpc) is 2.55. The largest absolute Gasteiger partial charge is 0.356 e. The van der Waals surface area contributed by atoms with Crippen molar-refractivity contribution in [3.63, 3.8) is 0 Å². The Balaban J connectivity index is 2.24. The van der Waals surface area contributed by atoms with Crippen LogP contribution >= 0.6 is 15.9 Å². The molecule has 0 spiro atoms. The van der Waals surface area contributed by atoms with Gasteiger partial charge < -0.3 is 5.32 Å². The number of rotatable bonds is 6. The predicted molar refractivity (Wildman–Crippen MR) is 81.0 cm³/mol. The number of alkyl halides is 1. The maximum atomic E-state index is 12.0. The van der Waals surface area contributed by atoms with Crippen LogP contribution in [0.15, 0.2) is 0 Å². The fourth-order valence-corrected chi connectivity index (χ4v) is 3.66. The van der Waals surface area contributed by atoms with E-state index in [1.807, 2.05) is 0 Å². The highest BCUT2D eigenvalue weighted by molar-refractivity contribution is 9.09. The van der Waals surface area contributed by atoms with Crippen LogP contribution in [0.5, 0.6) is 0 Å². The summed E-state index contributed by atoms with van der Waals surface area (Å²) in [4.78, 5) is 12.0. The molecule has 0 saturated heterocycles. The topological polar surface area (TPSA) is 29.1 Å². The van der Waals surface area contributed by atoms with Crippen molar-refractivity contribution in [3.8, 4) is 0 Å². The molecule has 1 aliphatic rings. The highest BCUT2D eigenvalue weighted by Gasteiger charge is 2.20. The van der Waals surface area contributed by atoms with Gasteiger partial charge in [0.2, 0.25) is 5.91 Å². The van der Waals surface area contributed by atoms with Crippen molar-refractivity contribution in [3.05, 3.63) is 0 Å². The van der Waals surface area contributed by atoms with E-state index in [9.17, 15) is 4.79 Å². The lowest BCUT2D eigenvalue weighted by Crippen LogP contribution is -2.35. The minimum atomic E-state index is 0.197. The zero-order valence-corrected chi connectivity index (χ0v) is 13.5. The van der Waals surface area contributed by atoms with Crippen LogP contribution in [0, 0.1) is 11.3 Å². The van der Waals surface area contributed by atoms with Gasteiger partial charge in [0.25, 0.3) is 0 Å². The second kappa shape index (κ2) is 8.19. The molecule has 0 aromatic rings. The Bertz CT molecular complexity index is 245. The summed E-state index contributed by atoms with van der Waals surface area (Å²) >= 11 is 3.47. The van der Waals surface area contributed by atoms with Crippen LogP contribution in [-0.2, 0) is 4.79 Å². The van der Waals surface area contributed by atoms with Gasteiger partial charge in [-0.05, 0) is 30.6 Å². The molecule has 0 atom stereocenters. The van der Waals surface area contributed by atoms with Crippen LogP contribution in [0.25, 0.3) is 0 Å². The molecule has 0 unspecified atom stereocenters. The Morgan fingerprint density at radius 3 is 2.39 bits per heavy atom. The molecule has 1 fully saturated rings. The SMILES string of the molecule is CC(C)(CCBr)CNC(=O)CC1CCCCCC1. The highest BCUT2D eigenvalue weighted by Crippen LogP contribution is 2.25. The summed E-state index contributed by atoms with van der Waals surface area (Å²) in [6.45, 7) is 5.21. The maximum Gasteiger partial charge on any atom is 0.220 e. The van der Waals surface area contributed by atoms with E-state index in [2.05, 4.69) is 35.1 Å². The first-order chi connectivity index (χ1) is 8.53. The zero-order valence-electron chi connectivity index (χ0n) is 11.9. The lowest BCUT2D eigenvalue weighted by atomic mass is 9.90. The van der Waals surface area contributed by atoms with E-state index in [0.29, 0.717) is 5.92 Å². The normalized spacial score (nSPS) is 18.4. The molecule has 1 amide bonds. The molecule has 0 heterocycles. The molecule has 0 radical (unpaired) electrons. The Morgan fingerprint density at radius 1 is 1.22 bits per heavy atom. The molecule has 2 nitrogen and oxygen atoms in total. The number of nitrogens with one attached hydrogen (secondary N) is 1. The molecule has 106 valence electrons. The van der Waals surface area contributed by atoms with E-state index in [-0.39, 0.29) is 11.3 Å². The second-order valence-electron chi connectivity index (χ2n) is 6.44. The Morgan fingerprint density at radius 2 is 1.83 bits per heavy atom. The van der Waals surface area contributed by atoms with E-state index >= 15 is 0 Å². The Kier molecular flexibility index (Phi) is 7.28. The van der Waals surface area contributed by atoms with Crippen LogP contribution in [0.4, 0.5) is 0 Å². The average molecular weight is 318 g/mol. The third kappa shape index (κ3) is 6.77. The molecule has 0 aromatic heterocycles. The van der Waals surface area contributed by atoms with Crippen molar-refractivity contribution in [1.29, 1.82) is 0 Å². The van der Waals surface area contributed by atoms with E-state index in [4.69, 9.17) is 0 Å². The van der Waals surface area contributed by atoms with E-state index in [1.54, 1.807) is 0 Å². The smallest absolute Gasteiger partial charge is 0.220 e. The van der Waals surface area contributed by atoms with Crippen LogP contribution in [0.1, 0.15) is 65.2 Å². The molecule has 18 heavy (non-hydrogen) atoms. The van der Waals surface area contributed by atoms with Gasteiger partial charge in [0.05, 0.1) is 0 Å². The van der Waals surface area contributed by atoms with Gasteiger partial charge in [0.1, 0.15) is 0 Å². The van der Waals surface area contributed by atoms with Crippen LogP contribution in [0.3, 0.4) is 0 Å². The first-order valence-electron chi connectivity index (χ1n) is 7.36. The third-order valence-electron chi connectivity index (χ3n) is 3.98. The van der Waals surface area contributed by atoms with Crippen molar-refractivity contribution in [2.24, 2.45) is 11.3 Å². The van der Waals surface area contributed by atoms with E-state index < -0.39 is 0 Å². The molecule has 0 aliphatic heterocycles. The lowest BCUT2D eigenvalue weighted by molar-refractivity contribution is -0.122. The second-order valence-corrected chi connectivity index (χ2v) is 7.23. The lowest BCUT2D eigenvalue weighted by Gasteiger charge is -2.24. The summed E-state index contributed by atoms with van der Waals surface area (Å²) in [7, 11) is 0. The van der Waals surface area contributed by atoms with Gasteiger partial charge in [-0.15, -0.1) is 0 Å². The standard InChI is InChI=1S/C15H28BrNO/c1-15(2,9-10-16)12-17-14(18)11-13-7-5-3-4-6-8-13/h13H,3-12H2,1-2H3,(H,17,18). The van der Waals surface area contributed by atoms with Gasteiger partial charge in [-0.3, -0.25) is 4.79 Å². The summed E-state index contributed by atoms with van der Waals surface area (Å²) in [6.07, 6.45) is 9.67. The van der Waals surface area contributed by atoms with Crippen LogP contribution in [0.2, 0.25) is 0 Å². The van der Waals surface area contributed by atoms with Crippen LogP contribution in [-0.4, -0.2) is 17.8 Å². The van der Waals surface area contributed by atoms with Crippen molar-refractivity contribution < 1.29 is 4.79 Å². The predicted octanol–water partition coefficient (Wildman–Crippen LogP) is 4.27. The maximum absolute atomic E-state index is 12.0. The fourth-order valence-electron chi connectivity index (χ4n) is 2.58. The van der Waals surface area contributed by atoms with Gasteiger partial charge in [-0.2, -0.15) is 0 Å². The van der Waals surface area contributed by atoms with Gasteiger partial charge in [0, 0.05) is 18.3 Å². The number of amides is 1. The molecule has 1 aliphatic carbocycles. The summed E-state index contributed by atoms with van der Waals surface area (Å²) in [5, 5.41) is 4.11. The first-order valence-corrected chi connectivity index (χ1v) is 8.48. The monoisotopic (exact) mass is 317 g/mol. The molecule has 1 saturated carbocycles. The van der Waals surface area contributed by atoms with Crippen LogP contribution < -0.4 is 5.32 Å². The summed E-state index contributed by atoms with van der Waals surface area (Å²) in [5.74, 6) is 0.885. The summed E-state index contributed by atoms with van der Waals surface area (Å²) in [5.41, 5.74) is 0.197. The van der Waals surface area contributed by atoms with Crippen molar-refractivity contribution in [2.75, 3.05) is 11.9 Å². The number of halogens is 1. The zero-order chi connectivity index (χ0) is 13.4. The number of hydrogen-bond donors (Lipinski definition) is 1. The molecule has 3 heteroatoms. The first kappa shape index (κ1) is 16.0. The minimum absolute atomic E-state index is 0.197. The Hall–Kier alpha value is -0.0500. The summed E-state index contributed by atoms with van der Waals surface area (Å²) in [6, 6.07) is 0. The molecular formula is C15H28BrNO.